The SMILES string of the molecule is CCc1ccc(N(CC(=O)NCCCc2ccccc2Cl)S(C)(=O)=O)cc1. The van der Waals surface area contributed by atoms with Gasteiger partial charge in [-0.15, -0.1) is 0 Å². The van der Waals surface area contributed by atoms with E-state index in [1.807, 2.05) is 43.3 Å². The number of nitrogens with zero attached hydrogens (tertiary/aromatic N) is 1. The molecule has 1 amide bonds. The summed E-state index contributed by atoms with van der Waals surface area (Å²) in [5.41, 5.74) is 2.62. The lowest BCUT2D eigenvalue weighted by molar-refractivity contribution is -0.119. The number of hydrogen-bond donors (Lipinski definition) is 1. The highest BCUT2D eigenvalue weighted by Gasteiger charge is 2.20. The summed E-state index contributed by atoms with van der Waals surface area (Å²) in [4.78, 5) is 12.2. The highest BCUT2D eigenvalue weighted by molar-refractivity contribution is 7.92. The smallest absolute Gasteiger partial charge is 0.240 e. The lowest BCUT2D eigenvalue weighted by Gasteiger charge is -2.22. The van der Waals surface area contributed by atoms with Gasteiger partial charge < -0.3 is 5.32 Å². The molecule has 0 atom stereocenters. The van der Waals surface area contributed by atoms with Gasteiger partial charge in [-0.2, -0.15) is 0 Å². The predicted molar refractivity (Wildman–Crippen MR) is 111 cm³/mol. The minimum absolute atomic E-state index is 0.240. The highest BCUT2D eigenvalue weighted by atomic mass is 35.5. The van der Waals surface area contributed by atoms with Crippen molar-refractivity contribution in [2.45, 2.75) is 26.2 Å². The average Bonchev–Trinajstić information content (AvgIpc) is 2.64. The summed E-state index contributed by atoms with van der Waals surface area (Å²) in [5, 5.41) is 3.49. The first kappa shape index (κ1) is 21.3. The second-order valence-electron chi connectivity index (χ2n) is 6.33. The van der Waals surface area contributed by atoms with Gasteiger partial charge in [-0.05, 0) is 48.6 Å². The van der Waals surface area contributed by atoms with Crippen LogP contribution in [0.1, 0.15) is 24.5 Å². The van der Waals surface area contributed by atoms with E-state index < -0.39 is 10.0 Å². The Labute approximate surface area is 166 Å². The second-order valence-corrected chi connectivity index (χ2v) is 8.65. The molecule has 0 saturated carbocycles. The van der Waals surface area contributed by atoms with Gasteiger partial charge in [0.2, 0.25) is 15.9 Å². The van der Waals surface area contributed by atoms with Gasteiger partial charge in [-0.25, -0.2) is 8.42 Å². The summed E-state index contributed by atoms with van der Waals surface area (Å²) < 4.78 is 25.3. The van der Waals surface area contributed by atoms with E-state index in [9.17, 15) is 13.2 Å². The molecule has 7 heteroatoms. The summed E-state index contributed by atoms with van der Waals surface area (Å²) in [7, 11) is -3.56. The van der Waals surface area contributed by atoms with Crippen molar-refractivity contribution in [3.05, 3.63) is 64.7 Å². The highest BCUT2D eigenvalue weighted by Crippen LogP contribution is 2.19. The number of nitrogens with one attached hydrogen (secondary N) is 1. The van der Waals surface area contributed by atoms with E-state index in [4.69, 9.17) is 11.6 Å². The number of benzene rings is 2. The number of aryl methyl sites for hydroxylation is 2. The van der Waals surface area contributed by atoms with Crippen LogP contribution in [0.25, 0.3) is 0 Å². The Bertz CT molecular complexity index is 867. The lowest BCUT2D eigenvalue weighted by Crippen LogP contribution is -2.40. The Kier molecular flexibility index (Phi) is 7.68. The van der Waals surface area contributed by atoms with Gasteiger partial charge in [0.25, 0.3) is 0 Å². The van der Waals surface area contributed by atoms with Crippen LogP contribution in [0.3, 0.4) is 0 Å². The zero-order valence-corrected chi connectivity index (χ0v) is 17.2. The molecule has 0 aromatic heterocycles. The third-order valence-corrected chi connectivity index (χ3v) is 5.73. The molecule has 0 aliphatic heterocycles. The minimum Gasteiger partial charge on any atom is -0.355 e. The van der Waals surface area contributed by atoms with Crippen molar-refractivity contribution in [1.29, 1.82) is 0 Å². The largest absolute Gasteiger partial charge is 0.355 e. The number of halogens is 1. The third kappa shape index (κ3) is 6.56. The fourth-order valence-corrected chi connectivity index (χ4v) is 3.78. The molecule has 2 aromatic rings. The van der Waals surface area contributed by atoms with E-state index in [0.29, 0.717) is 17.3 Å². The van der Waals surface area contributed by atoms with E-state index >= 15 is 0 Å². The topological polar surface area (TPSA) is 66.5 Å². The van der Waals surface area contributed by atoms with Crippen molar-refractivity contribution in [1.82, 2.24) is 5.32 Å². The molecule has 0 spiro atoms. The first-order valence-corrected chi connectivity index (χ1v) is 11.1. The number of amides is 1. The van der Waals surface area contributed by atoms with Gasteiger partial charge in [0.1, 0.15) is 6.54 Å². The van der Waals surface area contributed by atoms with Crippen LogP contribution in [0, 0.1) is 0 Å². The molecule has 0 radical (unpaired) electrons. The quantitative estimate of drug-likeness (QED) is 0.646. The number of carbonyl (C=O) groups excluding carboxylic acids is 1. The summed E-state index contributed by atoms with van der Waals surface area (Å²) in [6.45, 7) is 2.24. The number of sulfonamides is 1. The summed E-state index contributed by atoms with van der Waals surface area (Å²) >= 11 is 6.11. The zero-order valence-electron chi connectivity index (χ0n) is 15.6. The van der Waals surface area contributed by atoms with Crippen molar-refractivity contribution < 1.29 is 13.2 Å². The molecule has 5 nitrogen and oxygen atoms in total. The third-order valence-electron chi connectivity index (χ3n) is 4.22. The summed E-state index contributed by atoms with van der Waals surface area (Å²) in [5.74, 6) is -0.334. The van der Waals surface area contributed by atoms with Crippen LogP contribution in [0.4, 0.5) is 5.69 Å². The molecule has 0 saturated heterocycles. The van der Waals surface area contributed by atoms with Crippen LogP contribution in [-0.2, 0) is 27.7 Å². The first-order chi connectivity index (χ1) is 12.8. The van der Waals surface area contributed by atoms with Gasteiger partial charge in [-0.3, -0.25) is 9.10 Å². The number of carbonyl (C=O) groups is 1. The van der Waals surface area contributed by atoms with E-state index in [2.05, 4.69) is 5.32 Å². The van der Waals surface area contributed by atoms with Crippen molar-refractivity contribution in [2.24, 2.45) is 0 Å². The Balaban J connectivity index is 1.91. The zero-order chi connectivity index (χ0) is 19.9. The molecule has 2 rings (SSSR count). The van der Waals surface area contributed by atoms with Gasteiger partial charge in [-0.1, -0.05) is 48.9 Å². The molecular formula is C20H25ClN2O3S. The number of hydrogen-bond acceptors (Lipinski definition) is 3. The molecule has 27 heavy (non-hydrogen) atoms. The van der Waals surface area contributed by atoms with Gasteiger partial charge in [0.15, 0.2) is 0 Å². The van der Waals surface area contributed by atoms with Crippen LogP contribution in [0.2, 0.25) is 5.02 Å². The molecular weight excluding hydrogens is 384 g/mol. The minimum atomic E-state index is -3.56. The van der Waals surface area contributed by atoms with Crippen LogP contribution in [0.15, 0.2) is 48.5 Å². The second kappa shape index (κ2) is 9.76. The van der Waals surface area contributed by atoms with Crippen LogP contribution in [0.5, 0.6) is 0 Å². The molecule has 1 N–H and O–H groups in total. The van der Waals surface area contributed by atoms with Crippen LogP contribution in [-0.4, -0.2) is 33.7 Å². The monoisotopic (exact) mass is 408 g/mol. The summed E-state index contributed by atoms with van der Waals surface area (Å²) in [6, 6.07) is 14.8. The Hall–Kier alpha value is -2.05. The maximum atomic E-state index is 12.2. The van der Waals surface area contributed by atoms with E-state index in [0.717, 1.165) is 41.0 Å². The number of rotatable bonds is 9. The lowest BCUT2D eigenvalue weighted by atomic mass is 10.1. The molecule has 0 bridgehead atoms. The predicted octanol–water partition coefficient (Wildman–Crippen LogP) is 3.42. The van der Waals surface area contributed by atoms with Crippen LogP contribution >= 0.6 is 11.6 Å². The van der Waals surface area contributed by atoms with E-state index in [1.165, 1.54) is 0 Å². The Morgan fingerprint density at radius 2 is 1.78 bits per heavy atom. The number of anilines is 1. The molecule has 0 aliphatic carbocycles. The normalized spacial score (nSPS) is 11.2. The fraction of sp³-hybridized carbons (Fsp3) is 0.350. The fourth-order valence-electron chi connectivity index (χ4n) is 2.69. The standard InChI is InChI=1S/C20H25ClN2O3S/c1-3-16-10-12-18(13-11-16)23(27(2,25)26)15-20(24)22-14-6-8-17-7-4-5-9-19(17)21/h4-5,7,9-13H,3,6,8,14-15H2,1-2H3,(H,22,24). The molecule has 0 heterocycles. The Morgan fingerprint density at radius 1 is 1.11 bits per heavy atom. The molecule has 0 aliphatic rings. The van der Waals surface area contributed by atoms with Crippen molar-refractivity contribution in [3.63, 3.8) is 0 Å². The van der Waals surface area contributed by atoms with Gasteiger partial charge in [0, 0.05) is 11.6 Å². The molecule has 0 unspecified atom stereocenters. The molecule has 0 fully saturated rings. The van der Waals surface area contributed by atoms with Gasteiger partial charge >= 0.3 is 0 Å². The summed E-state index contributed by atoms with van der Waals surface area (Å²) in [6.07, 6.45) is 3.43. The maximum absolute atomic E-state index is 12.2. The van der Waals surface area contributed by atoms with E-state index in [1.54, 1.807) is 12.1 Å². The van der Waals surface area contributed by atoms with Crippen molar-refractivity contribution in [3.8, 4) is 0 Å². The Morgan fingerprint density at radius 3 is 2.37 bits per heavy atom. The average molecular weight is 409 g/mol. The van der Waals surface area contributed by atoms with E-state index in [-0.39, 0.29) is 12.5 Å². The molecule has 2 aromatic carbocycles. The van der Waals surface area contributed by atoms with Crippen molar-refractivity contribution in [2.75, 3.05) is 23.7 Å². The maximum Gasteiger partial charge on any atom is 0.240 e. The van der Waals surface area contributed by atoms with Crippen LogP contribution < -0.4 is 9.62 Å². The van der Waals surface area contributed by atoms with Crippen molar-refractivity contribution >= 4 is 33.2 Å². The first-order valence-electron chi connectivity index (χ1n) is 8.88. The van der Waals surface area contributed by atoms with Gasteiger partial charge in [0.05, 0.1) is 11.9 Å². The molecule has 146 valence electrons.